The van der Waals surface area contributed by atoms with Gasteiger partial charge in [-0.15, -0.1) is 0 Å². The molecule has 0 amide bonds. The number of aliphatic hydroxyl groups is 1. The quantitative estimate of drug-likeness (QED) is 0.796. The van der Waals surface area contributed by atoms with Gasteiger partial charge in [-0.3, -0.25) is 0 Å². The molecule has 3 heteroatoms. The first kappa shape index (κ1) is 13.5. The molecule has 0 radical (unpaired) electrons. The Labute approximate surface area is 99.1 Å². The Morgan fingerprint density at radius 2 is 1.81 bits per heavy atom. The number of hydrogen-bond donors (Lipinski definition) is 1. The maximum Gasteiger partial charge on any atom is 0.0768 e. The number of β-amino-alcohol motifs (C(OH)–C–C–N with tert-alkyl or cyclic N) is 1. The predicted molar refractivity (Wildman–Crippen MR) is 64.9 cm³/mol. The maximum atomic E-state index is 10.3. The van der Waals surface area contributed by atoms with E-state index in [1.165, 1.54) is 0 Å². The molecule has 1 saturated heterocycles. The second-order valence-electron chi connectivity index (χ2n) is 5.38. The van der Waals surface area contributed by atoms with Crippen molar-refractivity contribution in [2.45, 2.75) is 52.1 Å². The zero-order valence-electron chi connectivity index (χ0n) is 10.8. The average molecular weight is 224 g/mol. The van der Waals surface area contributed by atoms with Gasteiger partial charge in [-0.25, -0.2) is 0 Å². The van der Waals surface area contributed by atoms with Gasteiger partial charge in [-0.05, 0) is 45.7 Å². The van der Waals surface area contributed by atoms with Gasteiger partial charge < -0.3 is 10.0 Å². The first-order valence-electron chi connectivity index (χ1n) is 6.33. The number of nitrogens with zero attached hydrogens (tertiary/aromatic N) is 2. The highest BCUT2D eigenvalue weighted by molar-refractivity contribution is 4.99. The van der Waals surface area contributed by atoms with Crippen molar-refractivity contribution in [2.24, 2.45) is 5.41 Å². The van der Waals surface area contributed by atoms with Gasteiger partial charge >= 0.3 is 0 Å². The molecule has 1 fully saturated rings. The molecule has 0 spiro atoms. The second-order valence-corrected chi connectivity index (χ2v) is 5.38. The highest BCUT2D eigenvalue weighted by atomic mass is 16.3. The lowest BCUT2D eigenvalue weighted by Gasteiger charge is -2.39. The largest absolute Gasteiger partial charge is 0.389 e. The molecule has 1 aliphatic rings. The highest BCUT2D eigenvalue weighted by Gasteiger charge is 2.33. The van der Waals surface area contributed by atoms with Gasteiger partial charge in [0.25, 0.3) is 0 Å². The summed E-state index contributed by atoms with van der Waals surface area (Å²) in [5.41, 5.74) is -0.687. The first-order chi connectivity index (χ1) is 7.47. The van der Waals surface area contributed by atoms with Crippen molar-refractivity contribution >= 4 is 0 Å². The average Bonchev–Trinajstić information content (AvgIpc) is 2.32. The van der Waals surface area contributed by atoms with E-state index in [4.69, 9.17) is 5.26 Å². The van der Waals surface area contributed by atoms with Gasteiger partial charge in [0, 0.05) is 6.54 Å². The van der Waals surface area contributed by atoms with Crippen molar-refractivity contribution < 1.29 is 5.11 Å². The molecule has 3 nitrogen and oxygen atoms in total. The number of rotatable bonds is 4. The SMILES string of the molecule is CCC(O)(CC)CN1CCC(C)(C#N)CC1. The molecule has 1 aliphatic heterocycles. The van der Waals surface area contributed by atoms with E-state index in [0.717, 1.165) is 45.3 Å². The molecule has 0 aliphatic carbocycles. The highest BCUT2D eigenvalue weighted by Crippen LogP contribution is 2.30. The molecule has 16 heavy (non-hydrogen) atoms. The third kappa shape index (κ3) is 3.20. The molecule has 0 unspecified atom stereocenters. The maximum absolute atomic E-state index is 10.3. The Balaban J connectivity index is 2.47. The second kappa shape index (κ2) is 5.16. The molecule has 0 saturated carbocycles. The molecular weight excluding hydrogens is 200 g/mol. The molecule has 0 aromatic heterocycles. The lowest BCUT2D eigenvalue weighted by atomic mass is 9.81. The van der Waals surface area contributed by atoms with E-state index in [-0.39, 0.29) is 5.41 Å². The summed E-state index contributed by atoms with van der Waals surface area (Å²) in [5, 5.41) is 19.3. The summed E-state index contributed by atoms with van der Waals surface area (Å²) in [5.74, 6) is 0. The van der Waals surface area contributed by atoms with Crippen molar-refractivity contribution in [3.05, 3.63) is 0 Å². The summed E-state index contributed by atoms with van der Waals surface area (Å²) >= 11 is 0. The van der Waals surface area contributed by atoms with Crippen molar-refractivity contribution in [1.82, 2.24) is 4.90 Å². The topological polar surface area (TPSA) is 47.3 Å². The fraction of sp³-hybridized carbons (Fsp3) is 0.923. The third-order valence-corrected chi connectivity index (χ3v) is 4.06. The van der Waals surface area contributed by atoms with Crippen LogP contribution in [0.15, 0.2) is 0 Å². The monoisotopic (exact) mass is 224 g/mol. The van der Waals surface area contributed by atoms with Crippen LogP contribution in [-0.4, -0.2) is 35.2 Å². The van der Waals surface area contributed by atoms with Crippen LogP contribution < -0.4 is 0 Å². The number of nitriles is 1. The summed E-state index contributed by atoms with van der Waals surface area (Å²) in [4.78, 5) is 2.30. The lowest BCUT2D eigenvalue weighted by Crippen LogP contribution is -2.47. The Morgan fingerprint density at radius 3 is 2.19 bits per heavy atom. The van der Waals surface area contributed by atoms with E-state index in [2.05, 4.69) is 11.0 Å². The van der Waals surface area contributed by atoms with Gasteiger partial charge in [0.1, 0.15) is 0 Å². The van der Waals surface area contributed by atoms with Crippen LogP contribution in [0.4, 0.5) is 0 Å². The summed E-state index contributed by atoms with van der Waals surface area (Å²) in [7, 11) is 0. The molecule has 1 heterocycles. The summed E-state index contributed by atoms with van der Waals surface area (Å²) < 4.78 is 0. The van der Waals surface area contributed by atoms with Crippen LogP contribution in [0.5, 0.6) is 0 Å². The summed E-state index contributed by atoms with van der Waals surface area (Å²) in [6.45, 7) is 8.73. The van der Waals surface area contributed by atoms with Gasteiger partial charge in [0.15, 0.2) is 0 Å². The third-order valence-electron chi connectivity index (χ3n) is 4.06. The van der Waals surface area contributed by atoms with E-state index in [1.54, 1.807) is 0 Å². The van der Waals surface area contributed by atoms with Crippen molar-refractivity contribution in [3.8, 4) is 6.07 Å². The summed E-state index contributed by atoms with van der Waals surface area (Å²) in [6.07, 6.45) is 3.45. The Hall–Kier alpha value is -0.590. The van der Waals surface area contributed by atoms with Crippen LogP contribution in [0.2, 0.25) is 0 Å². The van der Waals surface area contributed by atoms with E-state index < -0.39 is 5.60 Å². The molecule has 92 valence electrons. The predicted octanol–water partition coefficient (Wildman–Crippen LogP) is 2.16. The summed E-state index contributed by atoms with van der Waals surface area (Å²) in [6, 6.07) is 2.40. The molecule has 1 N–H and O–H groups in total. The number of likely N-dealkylation sites (tertiary alicyclic amines) is 1. The Bertz CT molecular complexity index is 258. The fourth-order valence-corrected chi connectivity index (χ4v) is 2.21. The van der Waals surface area contributed by atoms with Gasteiger partial charge in [-0.1, -0.05) is 13.8 Å². The fourth-order valence-electron chi connectivity index (χ4n) is 2.21. The number of piperidine rings is 1. The van der Waals surface area contributed by atoms with Crippen LogP contribution in [0.1, 0.15) is 46.5 Å². The minimum Gasteiger partial charge on any atom is -0.389 e. The zero-order chi connectivity index (χ0) is 12.2. The lowest BCUT2D eigenvalue weighted by molar-refractivity contribution is -0.0144. The minimum atomic E-state index is -0.541. The van der Waals surface area contributed by atoms with E-state index >= 15 is 0 Å². The van der Waals surface area contributed by atoms with Gasteiger partial charge in [0.2, 0.25) is 0 Å². The van der Waals surface area contributed by atoms with Gasteiger partial charge in [0.05, 0.1) is 17.1 Å². The van der Waals surface area contributed by atoms with Crippen LogP contribution >= 0.6 is 0 Å². The standard InChI is InChI=1S/C13H24N2O/c1-4-13(16,5-2)11-15-8-6-12(3,10-14)7-9-15/h16H,4-9,11H2,1-3H3. The normalized spacial score (nSPS) is 21.7. The Kier molecular flexibility index (Phi) is 4.35. The minimum absolute atomic E-state index is 0.146. The molecular formula is C13H24N2O. The van der Waals surface area contributed by atoms with E-state index in [9.17, 15) is 5.11 Å². The molecule has 0 aromatic rings. The molecule has 0 atom stereocenters. The van der Waals surface area contributed by atoms with E-state index in [1.807, 2.05) is 20.8 Å². The van der Waals surface area contributed by atoms with Crippen LogP contribution in [0.25, 0.3) is 0 Å². The molecule has 0 aromatic carbocycles. The Morgan fingerprint density at radius 1 is 1.31 bits per heavy atom. The van der Waals surface area contributed by atoms with Crippen LogP contribution in [-0.2, 0) is 0 Å². The van der Waals surface area contributed by atoms with E-state index in [0.29, 0.717) is 0 Å². The number of hydrogen-bond acceptors (Lipinski definition) is 3. The zero-order valence-corrected chi connectivity index (χ0v) is 10.8. The van der Waals surface area contributed by atoms with Crippen molar-refractivity contribution in [2.75, 3.05) is 19.6 Å². The van der Waals surface area contributed by atoms with Crippen molar-refractivity contribution in [1.29, 1.82) is 5.26 Å². The molecule has 0 bridgehead atoms. The first-order valence-corrected chi connectivity index (χ1v) is 6.33. The van der Waals surface area contributed by atoms with Gasteiger partial charge in [-0.2, -0.15) is 5.26 Å². The van der Waals surface area contributed by atoms with Crippen LogP contribution in [0, 0.1) is 16.7 Å². The van der Waals surface area contributed by atoms with Crippen LogP contribution in [0.3, 0.4) is 0 Å². The molecule has 1 rings (SSSR count). The van der Waals surface area contributed by atoms with Crippen molar-refractivity contribution in [3.63, 3.8) is 0 Å². The smallest absolute Gasteiger partial charge is 0.0768 e.